The number of aromatic amines is 1. The summed E-state index contributed by atoms with van der Waals surface area (Å²) in [5.74, 6) is 0.960. The van der Waals surface area contributed by atoms with E-state index in [1.165, 1.54) is 4.57 Å². The number of aromatic nitrogens is 3. The van der Waals surface area contributed by atoms with Gasteiger partial charge in [0.15, 0.2) is 0 Å². The first-order chi connectivity index (χ1) is 9.70. The molecule has 118 valence electrons. The Bertz CT molecular complexity index is 570. The van der Waals surface area contributed by atoms with Crippen molar-refractivity contribution in [2.24, 2.45) is 11.3 Å². The molecule has 1 fully saturated rings. The molecule has 0 atom stereocenters. The molecule has 0 aromatic carbocycles. The van der Waals surface area contributed by atoms with Gasteiger partial charge in [-0.2, -0.15) is 4.98 Å². The van der Waals surface area contributed by atoms with Gasteiger partial charge in [0.05, 0.1) is 0 Å². The predicted molar refractivity (Wildman–Crippen MR) is 83.9 cm³/mol. The number of hydrogen-bond donors (Lipinski definition) is 1. The summed E-state index contributed by atoms with van der Waals surface area (Å²) in [4.78, 5) is 32.6. The van der Waals surface area contributed by atoms with E-state index in [0.29, 0.717) is 11.9 Å². The molecule has 0 amide bonds. The zero-order valence-corrected chi connectivity index (χ0v) is 13.6. The van der Waals surface area contributed by atoms with Gasteiger partial charge in [0.25, 0.3) is 0 Å². The van der Waals surface area contributed by atoms with E-state index in [1.807, 2.05) is 0 Å². The van der Waals surface area contributed by atoms with Gasteiger partial charge < -0.3 is 4.90 Å². The minimum Gasteiger partial charge on any atom is -0.348 e. The summed E-state index contributed by atoms with van der Waals surface area (Å²) < 4.78 is 1.30. The number of rotatable bonds is 2. The van der Waals surface area contributed by atoms with Crippen LogP contribution in [-0.4, -0.2) is 28.6 Å². The summed E-state index contributed by atoms with van der Waals surface area (Å²) in [7, 11) is 3.49. The number of nitrogens with zero attached hydrogens (tertiary/aromatic N) is 3. The van der Waals surface area contributed by atoms with E-state index in [1.54, 1.807) is 19.0 Å². The van der Waals surface area contributed by atoms with Gasteiger partial charge in [-0.3, -0.25) is 4.98 Å². The van der Waals surface area contributed by atoms with Gasteiger partial charge >= 0.3 is 11.4 Å². The first kappa shape index (κ1) is 15.8. The van der Waals surface area contributed by atoms with Gasteiger partial charge in [-0.25, -0.2) is 14.2 Å². The Labute approximate surface area is 125 Å². The van der Waals surface area contributed by atoms with Crippen LogP contribution in [0.3, 0.4) is 0 Å². The van der Waals surface area contributed by atoms with Crippen molar-refractivity contribution in [1.82, 2.24) is 14.5 Å². The first-order valence-corrected chi connectivity index (χ1v) is 7.60. The van der Waals surface area contributed by atoms with Crippen molar-refractivity contribution in [3.63, 3.8) is 0 Å². The average Bonchev–Trinajstić information content (AvgIpc) is 2.37. The fourth-order valence-corrected chi connectivity index (χ4v) is 3.15. The van der Waals surface area contributed by atoms with Gasteiger partial charge in [-0.15, -0.1) is 0 Å². The SMILES string of the molecule is CN(C)c1nc(=O)n(C2CCC(C(C)(C)C)CC2)c(=O)[nH]1. The summed E-state index contributed by atoms with van der Waals surface area (Å²) >= 11 is 0. The summed E-state index contributed by atoms with van der Waals surface area (Å²) in [5, 5.41) is 0. The lowest BCUT2D eigenvalue weighted by atomic mass is 9.71. The van der Waals surface area contributed by atoms with Gasteiger partial charge in [-0.1, -0.05) is 20.8 Å². The normalized spacial score (nSPS) is 23.1. The molecule has 2 rings (SSSR count). The lowest BCUT2D eigenvalue weighted by molar-refractivity contribution is 0.148. The topological polar surface area (TPSA) is 71.0 Å². The van der Waals surface area contributed by atoms with Gasteiger partial charge in [0.1, 0.15) is 0 Å². The molecule has 1 heterocycles. The van der Waals surface area contributed by atoms with Crippen LogP contribution in [0.25, 0.3) is 0 Å². The minimum absolute atomic E-state index is 0.0245. The molecule has 0 radical (unpaired) electrons. The van der Waals surface area contributed by atoms with Crippen LogP contribution in [0.4, 0.5) is 5.95 Å². The molecule has 1 aromatic rings. The van der Waals surface area contributed by atoms with Crippen molar-refractivity contribution >= 4 is 5.95 Å². The summed E-state index contributed by atoms with van der Waals surface area (Å²) in [6.07, 6.45) is 3.84. The maximum atomic E-state index is 12.2. The second-order valence-corrected chi connectivity index (χ2v) is 7.28. The molecule has 1 aliphatic rings. The fraction of sp³-hybridized carbons (Fsp3) is 0.800. The van der Waals surface area contributed by atoms with Crippen molar-refractivity contribution in [2.75, 3.05) is 19.0 Å². The van der Waals surface area contributed by atoms with Crippen LogP contribution in [-0.2, 0) is 0 Å². The van der Waals surface area contributed by atoms with Crippen LogP contribution in [0, 0.1) is 11.3 Å². The Morgan fingerprint density at radius 2 is 1.71 bits per heavy atom. The number of H-pyrrole nitrogens is 1. The van der Waals surface area contributed by atoms with E-state index < -0.39 is 5.69 Å². The third-order valence-corrected chi connectivity index (χ3v) is 4.56. The fourth-order valence-electron chi connectivity index (χ4n) is 3.15. The highest BCUT2D eigenvalue weighted by Gasteiger charge is 2.31. The molecule has 0 bridgehead atoms. The zero-order chi connectivity index (χ0) is 15.8. The first-order valence-electron chi connectivity index (χ1n) is 7.60. The van der Waals surface area contributed by atoms with E-state index in [-0.39, 0.29) is 17.1 Å². The van der Waals surface area contributed by atoms with E-state index in [0.717, 1.165) is 25.7 Å². The second-order valence-electron chi connectivity index (χ2n) is 7.28. The highest BCUT2D eigenvalue weighted by Crippen LogP contribution is 2.40. The van der Waals surface area contributed by atoms with E-state index in [9.17, 15) is 9.59 Å². The molecule has 1 aliphatic carbocycles. The van der Waals surface area contributed by atoms with Crippen LogP contribution >= 0.6 is 0 Å². The molecule has 1 aromatic heterocycles. The Morgan fingerprint density at radius 1 is 1.14 bits per heavy atom. The predicted octanol–water partition coefficient (Wildman–Crippen LogP) is 1.77. The molecule has 6 nitrogen and oxygen atoms in total. The van der Waals surface area contributed by atoms with Crippen molar-refractivity contribution in [1.29, 1.82) is 0 Å². The van der Waals surface area contributed by atoms with Crippen LogP contribution in [0.1, 0.15) is 52.5 Å². The Hall–Kier alpha value is -1.59. The van der Waals surface area contributed by atoms with Crippen LogP contribution in [0.15, 0.2) is 9.59 Å². The molecule has 1 N–H and O–H groups in total. The molecule has 21 heavy (non-hydrogen) atoms. The maximum absolute atomic E-state index is 12.2. The summed E-state index contributed by atoms with van der Waals surface area (Å²) in [6.45, 7) is 6.76. The zero-order valence-electron chi connectivity index (χ0n) is 13.6. The third kappa shape index (κ3) is 3.36. The third-order valence-electron chi connectivity index (χ3n) is 4.56. The van der Waals surface area contributed by atoms with Crippen LogP contribution in [0.2, 0.25) is 0 Å². The van der Waals surface area contributed by atoms with Crippen molar-refractivity contribution in [3.8, 4) is 0 Å². The molecule has 1 saturated carbocycles. The highest BCUT2D eigenvalue weighted by molar-refractivity contribution is 5.23. The number of hydrogen-bond acceptors (Lipinski definition) is 4. The van der Waals surface area contributed by atoms with Crippen molar-refractivity contribution < 1.29 is 0 Å². The van der Waals surface area contributed by atoms with Crippen molar-refractivity contribution in [3.05, 3.63) is 21.0 Å². The lowest BCUT2D eigenvalue weighted by Gasteiger charge is -2.37. The molecular formula is C15H26N4O2. The molecule has 0 saturated heterocycles. The standard InChI is InChI=1S/C15H26N4O2/c1-15(2,3)10-6-8-11(9-7-10)19-13(20)16-12(18(4)5)17-14(19)21/h10-11H,6-9H2,1-5H3,(H,16,17,20,21). The molecule has 0 unspecified atom stereocenters. The smallest absolute Gasteiger partial charge is 0.348 e. The van der Waals surface area contributed by atoms with E-state index in [2.05, 4.69) is 30.7 Å². The molecule has 0 aliphatic heterocycles. The van der Waals surface area contributed by atoms with E-state index in [4.69, 9.17) is 0 Å². The number of anilines is 1. The van der Waals surface area contributed by atoms with Gasteiger partial charge in [-0.05, 0) is 37.0 Å². The summed E-state index contributed by atoms with van der Waals surface area (Å²) in [5.41, 5.74) is -0.505. The Morgan fingerprint density at radius 3 is 2.14 bits per heavy atom. The Balaban J connectivity index is 2.22. The average molecular weight is 294 g/mol. The monoisotopic (exact) mass is 294 g/mol. The molecule has 6 heteroatoms. The lowest BCUT2D eigenvalue weighted by Crippen LogP contribution is -2.42. The Kier molecular flexibility index (Phi) is 4.25. The largest absolute Gasteiger partial charge is 0.355 e. The number of nitrogens with one attached hydrogen (secondary N) is 1. The quantitative estimate of drug-likeness (QED) is 0.902. The maximum Gasteiger partial charge on any atom is 0.355 e. The summed E-state index contributed by atoms with van der Waals surface area (Å²) in [6, 6.07) is -0.0245. The van der Waals surface area contributed by atoms with Gasteiger partial charge in [0, 0.05) is 20.1 Å². The van der Waals surface area contributed by atoms with Gasteiger partial charge in [0.2, 0.25) is 5.95 Å². The van der Waals surface area contributed by atoms with Crippen LogP contribution < -0.4 is 16.3 Å². The minimum atomic E-state index is -0.443. The molecular weight excluding hydrogens is 268 g/mol. The highest BCUT2D eigenvalue weighted by atomic mass is 16.2. The van der Waals surface area contributed by atoms with E-state index >= 15 is 0 Å². The second kappa shape index (κ2) is 5.66. The van der Waals surface area contributed by atoms with Crippen molar-refractivity contribution in [2.45, 2.75) is 52.5 Å². The molecule has 0 spiro atoms. The van der Waals surface area contributed by atoms with Crippen LogP contribution in [0.5, 0.6) is 0 Å².